The summed E-state index contributed by atoms with van der Waals surface area (Å²) in [6.45, 7) is 5.00. The van der Waals surface area contributed by atoms with Crippen LogP contribution in [0.4, 0.5) is 10.8 Å². The summed E-state index contributed by atoms with van der Waals surface area (Å²) < 4.78 is 5.07. The molecule has 2 aromatic heterocycles. The molecule has 3 rings (SSSR count). The number of anilines is 2. The smallest absolute Gasteiger partial charge is 0.291 e. The van der Waals surface area contributed by atoms with E-state index in [-0.39, 0.29) is 17.5 Å². The van der Waals surface area contributed by atoms with Gasteiger partial charge < -0.3 is 9.73 Å². The van der Waals surface area contributed by atoms with Gasteiger partial charge in [0.05, 0.1) is 16.8 Å². The lowest BCUT2D eigenvalue weighted by Crippen LogP contribution is -2.15. The molecule has 2 amide bonds. The molecular formula is C19H17N3O4S. The maximum Gasteiger partial charge on any atom is 0.291 e. The number of carbonyl (C=O) groups excluding carboxylic acids is 3. The van der Waals surface area contributed by atoms with E-state index in [0.29, 0.717) is 27.0 Å². The molecule has 0 unspecified atom stereocenters. The zero-order valence-corrected chi connectivity index (χ0v) is 15.8. The Kier molecular flexibility index (Phi) is 5.18. The van der Waals surface area contributed by atoms with Crippen molar-refractivity contribution < 1.29 is 18.8 Å². The number of Topliss-reactive ketones (excluding diaryl/α,β-unsaturated/α-hetero) is 1. The summed E-state index contributed by atoms with van der Waals surface area (Å²) in [6.07, 6.45) is 1.41. The highest BCUT2D eigenvalue weighted by molar-refractivity contribution is 7.17. The Morgan fingerprint density at radius 1 is 1.07 bits per heavy atom. The zero-order chi connectivity index (χ0) is 19.6. The third-order valence-corrected chi connectivity index (χ3v) is 5.00. The zero-order valence-electron chi connectivity index (χ0n) is 15.0. The van der Waals surface area contributed by atoms with Crippen LogP contribution in [0.3, 0.4) is 0 Å². The molecule has 8 heteroatoms. The molecule has 138 valence electrons. The fraction of sp³-hybridized carbons (Fsp3) is 0.158. The second kappa shape index (κ2) is 7.55. The van der Waals surface area contributed by atoms with Gasteiger partial charge in [0, 0.05) is 18.2 Å². The van der Waals surface area contributed by atoms with Crippen molar-refractivity contribution in [2.75, 3.05) is 10.6 Å². The predicted molar refractivity (Wildman–Crippen MR) is 103 cm³/mol. The number of amides is 2. The highest BCUT2D eigenvalue weighted by atomic mass is 32.1. The average molecular weight is 383 g/mol. The highest BCUT2D eigenvalue weighted by Crippen LogP contribution is 2.24. The largest absolute Gasteiger partial charge is 0.459 e. The van der Waals surface area contributed by atoms with Gasteiger partial charge in [-0.2, -0.15) is 0 Å². The van der Waals surface area contributed by atoms with E-state index in [1.807, 2.05) is 6.92 Å². The standard InChI is InChI=1S/C19H17N3O4S/c1-10-6-7-13(9-14(10)21-18(25)15-5-4-8-26-15)17(24)22-19-20-11(2)16(27-19)12(3)23/h4-9H,1-3H3,(H,21,25)(H,20,22,24). The molecule has 27 heavy (non-hydrogen) atoms. The summed E-state index contributed by atoms with van der Waals surface area (Å²) in [4.78, 5) is 40.9. The van der Waals surface area contributed by atoms with Crippen molar-refractivity contribution in [2.24, 2.45) is 0 Å². The van der Waals surface area contributed by atoms with E-state index in [4.69, 9.17) is 4.42 Å². The van der Waals surface area contributed by atoms with Crippen molar-refractivity contribution in [3.8, 4) is 0 Å². The molecule has 2 N–H and O–H groups in total. The Hall–Kier alpha value is -3.26. The molecule has 0 aliphatic heterocycles. The van der Waals surface area contributed by atoms with E-state index in [0.717, 1.165) is 16.9 Å². The van der Waals surface area contributed by atoms with Gasteiger partial charge in [-0.3, -0.25) is 19.7 Å². The van der Waals surface area contributed by atoms with Gasteiger partial charge in [0.2, 0.25) is 0 Å². The predicted octanol–water partition coefficient (Wildman–Crippen LogP) is 4.06. The lowest BCUT2D eigenvalue weighted by atomic mass is 10.1. The summed E-state index contributed by atoms with van der Waals surface area (Å²) in [5.41, 5.74) is 2.24. The van der Waals surface area contributed by atoms with E-state index in [1.54, 1.807) is 37.3 Å². The van der Waals surface area contributed by atoms with E-state index < -0.39 is 5.91 Å². The molecule has 0 bridgehead atoms. The number of hydrogen-bond donors (Lipinski definition) is 2. The van der Waals surface area contributed by atoms with Gasteiger partial charge in [-0.15, -0.1) is 0 Å². The molecular weight excluding hydrogens is 366 g/mol. The first-order valence-corrected chi connectivity index (χ1v) is 8.92. The topological polar surface area (TPSA) is 101 Å². The molecule has 0 spiro atoms. The van der Waals surface area contributed by atoms with Gasteiger partial charge in [0.25, 0.3) is 11.8 Å². The third-order valence-electron chi connectivity index (χ3n) is 3.83. The van der Waals surface area contributed by atoms with Crippen molar-refractivity contribution in [3.63, 3.8) is 0 Å². The number of carbonyl (C=O) groups is 3. The Morgan fingerprint density at radius 3 is 2.48 bits per heavy atom. The van der Waals surface area contributed by atoms with Crippen LogP contribution < -0.4 is 10.6 Å². The first kappa shape index (κ1) is 18.5. The number of furan rings is 1. The summed E-state index contributed by atoms with van der Waals surface area (Å²) in [5.74, 6) is -0.697. The van der Waals surface area contributed by atoms with Crippen LogP contribution >= 0.6 is 11.3 Å². The highest BCUT2D eigenvalue weighted by Gasteiger charge is 2.16. The maximum absolute atomic E-state index is 12.5. The number of hydrogen-bond acceptors (Lipinski definition) is 6. The van der Waals surface area contributed by atoms with Gasteiger partial charge in [-0.25, -0.2) is 4.98 Å². The summed E-state index contributed by atoms with van der Waals surface area (Å²) in [5, 5.41) is 5.77. The van der Waals surface area contributed by atoms with Crippen LogP contribution in [-0.2, 0) is 0 Å². The lowest BCUT2D eigenvalue weighted by molar-refractivity contribution is 0.0992. The second-order valence-corrected chi connectivity index (χ2v) is 6.90. The van der Waals surface area contributed by atoms with E-state index in [1.165, 1.54) is 13.2 Å². The van der Waals surface area contributed by atoms with Crippen LogP contribution in [-0.4, -0.2) is 22.6 Å². The maximum atomic E-state index is 12.5. The van der Waals surface area contributed by atoms with Gasteiger partial charge in [0.1, 0.15) is 0 Å². The molecule has 0 radical (unpaired) electrons. The molecule has 0 atom stereocenters. The van der Waals surface area contributed by atoms with Crippen molar-refractivity contribution >= 4 is 39.8 Å². The van der Waals surface area contributed by atoms with Crippen LogP contribution in [0.15, 0.2) is 41.0 Å². The van der Waals surface area contributed by atoms with E-state index in [9.17, 15) is 14.4 Å². The van der Waals surface area contributed by atoms with Crippen LogP contribution in [0.2, 0.25) is 0 Å². The number of nitrogens with zero attached hydrogens (tertiary/aromatic N) is 1. The monoisotopic (exact) mass is 383 g/mol. The molecule has 0 saturated heterocycles. The van der Waals surface area contributed by atoms with Gasteiger partial charge in [-0.1, -0.05) is 17.4 Å². The normalized spacial score (nSPS) is 10.5. The van der Waals surface area contributed by atoms with Crippen molar-refractivity contribution in [1.82, 2.24) is 4.98 Å². The Balaban J connectivity index is 1.78. The quantitative estimate of drug-likeness (QED) is 0.647. The average Bonchev–Trinajstić information content (AvgIpc) is 3.26. The Labute approximate surface area is 159 Å². The van der Waals surface area contributed by atoms with Crippen molar-refractivity contribution in [2.45, 2.75) is 20.8 Å². The number of nitrogens with one attached hydrogen (secondary N) is 2. The van der Waals surface area contributed by atoms with Crippen LogP contribution in [0.1, 0.15) is 48.8 Å². The minimum absolute atomic E-state index is 0.0937. The molecule has 0 fully saturated rings. The molecule has 0 aliphatic rings. The number of thiazole rings is 1. The second-order valence-electron chi connectivity index (χ2n) is 5.90. The lowest BCUT2D eigenvalue weighted by Gasteiger charge is -2.09. The minimum atomic E-state index is -0.401. The molecule has 0 aliphatic carbocycles. The molecule has 3 aromatic rings. The summed E-state index contributed by atoms with van der Waals surface area (Å²) in [6, 6.07) is 8.15. The van der Waals surface area contributed by atoms with Crippen molar-refractivity contribution in [1.29, 1.82) is 0 Å². The number of aryl methyl sites for hydroxylation is 2. The first-order valence-electron chi connectivity index (χ1n) is 8.10. The number of rotatable bonds is 5. The Morgan fingerprint density at radius 2 is 1.85 bits per heavy atom. The Bertz CT molecular complexity index is 1020. The van der Waals surface area contributed by atoms with Gasteiger partial charge >= 0.3 is 0 Å². The fourth-order valence-corrected chi connectivity index (χ4v) is 3.29. The van der Waals surface area contributed by atoms with Crippen LogP contribution in [0, 0.1) is 13.8 Å². The summed E-state index contributed by atoms with van der Waals surface area (Å²) >= 11 is 1.13. The van der Waals surface area contributed by atoms with Crippen molar-refractivity contribution in [3.05, 3.63) is 64.1 Å². The number of aromatic nitrogens is 1. The number of benzene rings is 1. The third kappa shape index (κ3) is 4.12. The minimum Gasteiger partial charge on any atom is -0.459 e. The first-order chi connectivity index (χ1) is 12.8. The van der Waals surface area contributed by atoms with E-state index >= 15 is 0 Å². The van der Waals surface area contributed by atoms with E-state index in [2.05, 4.69) is 15.6 Å². The molecule has 1 aromatic carbocycles. The fourth-order valence-electron chi connectivity index (χ4n) is 2.44. The SMILES string of the molecule is CC(=O)c1sc(NC(=O)c2ccc(C)c(NC(=O)c3ccco3)c2)nc1C. The number of ketones is 1. The molecule has 2 heterocycles. The molecule has 0 saturated carbocycles. The summed E-state index contributed by atoms with van der Waals surface area (Å²) in [7, 11) is 0. The van der Waals surface area contributed by atoms with Gasteiger partial charge in [-0.05, 0) is 43.7 Å². The van der Waals surface area contributed by atoms with Gasteiger partial charge in [0.15, 0.2) is 16.7 Å². The van der Waals surface area contributed by atoms with Crippen LogP contribution in [0.5, 0.6) is 0 Å². The molecule has 7 nitrogen and oxygen atoms in total. The van der Waals surface area contributed by atoms with Crippen LogP contribution in [0.25, 0.3) is 0 Å².